The van der Waals surface area contributed by atoms with E-state index in [1.807, 2.05) is 30.6 Å². The van der Waals surface area contributed by atoms with Crippen LogP contribution in [0.4, 0.5) is 0 Å². The van der Waals surface area contributed by atoms with Gasteiger partial charge in [0, 0.05) is 36.7 Å². The second-order valence-corrected chi connectivity index (χ2v) is 9.47. The number of fused-ring (bicyclic) bond motifs is 1. The first-order valence-corrected chi connectivity index (χ1v) is 11.8. The molecule has 5 N–H and O–H groups in total. The maximum absolute atomic E-state index is 11.1. The van der Waals surface area contributed by atoms with Crippen LogP contribution in [0.1, 0.15) is 60.0 Å². The summed E-state index contributed by atoms with van der Waals surface area (Å²) in [6.45, 7) is 0. The van der Waals surface area contributed by atoms with E-state index in [1.165, 1.54) is 13.2 Å². The molecule has 0 amide bonds. The minimum Gasteiger partial charge on any atom is -0.508 e. The second-order valence-electron chi connectivity index (χ2n) is 9.47. The van der Waals surface area contributed by atoms with Crippen LogP contribution in [0, 0.1) is 5.92 Å². The van der Waals surface area contributed by atoms with Gasteiger partial charge in [-0.3, -0.25) is 0 Å². The molecule has 2 fully saturated rings. The Balaban J connectivity index is 1.46. The topological polar surface area (TPSA) is 115 Å². The highest BCUT2D eigenvalue weighted by Gasteiger charge is 2.43. The Morgan fingerprint density at radius 1 is 1.06 bits per heavy atom. The Bertz CT molecular complexity index is 1130. The molecule has 0 spiro atoms. The lowest BCUT2D eigenvalue weighted by molar-refractivity contribution is -0.154. The molecule has 7 nitrogen and oxygen atoms in total. The van der Waals surface area contributed by atoms with Gasteiger partial charge in [0.05, 0.1) is 25.4 Å². The minimum atomic E-state index is -0.522. The predicted molar refractivity (Wildman–Crippen MR) is 126 cm³/mol. The van der Waals surface area contributed by atoms with Crippen molar-refractivity contribution < 1.29 is 29.9 Å². The molecule has 3 aromatic rings. The fraction of sp³-hybridized carbons (Fsp3) is 0.407. The lowest BCUT2D eigenvalue weighted by atomic mass is 9.72. The first-order valence-electron chi connectivity index (χ1n) is 11.8. The van der Waals surface area contributed by atoms with Gasteiger partial charge in [-0.05, 0) is 66.1 Å². The number of hydrogen-bond acceptors (Lipinski definition) is 6. The number of methoxy groups -OCH3 is 1. The molecule has 0 unspecified atom stereocenters. The van der Waals surface area contributed by atoms with E-state index in [-0.39, 0.29) is 40.9 Å². The number of ether oxygens (including phenoxy) is 2. The quantitative estimate of drug-likeness (QED) is 0.354. The van der Waals surface area contributed by atoms with Crippen LogP contribution in [-0.4, -0.2) is 44.7 Å². The summed E-state index contributed by atoms with van der Waals surface area (Å²) in [6.07, 6.45) is 6.11. The van der Waals surface area contributed by atoms with Gasteiger partial charge in [-0.25, -0.2) is 0 Å². The molecule has 2 aromatic carbocycles. The highest BCUT2D eigenvalue weighted by Crippen LogP contribution is 2.50. The summed E-state index contributed by atoms with van der Waals surface area (Å²) in [6, 6.07) is 10.8. The van der Waals surface area contributed by atoms with Gasteiger partial charge >= 0.3 is 0 Å². The third-order valence-corrected chi connectivity index (χ3v) is 7.46. The molecular weight excluding hydrogens is 434 g/mol. The van der Waals surface area contributed by atoms with Gasteiger partial charge in [0.25, 0.3) is 0 Å². The van der Waals surface area contributed by atoms with Gasteiger partial charge in [-0.1, -0.05) is 12.1 Å². The Hall–Kier alpha value is -3.16. The number of aromatic amines is 1. The van der Waals surface area contributed by atoms with Crippen LogP contribution in [0.2, 0.25) is 0 Å². The molecule has 5 rings (SSSR count). The van der Waals surface area contributed by atoms with Crippen LogP contribution in [-0.2, 0) is 11.2 Å². The molecule has 34 heavy (non-hydrogen) atoms. The summed E-state index contributed by atoms with van der Waals surface area (Å²) in [5.41, 5.74) is 3.62. The molecule has 0 bridgehead atoms. The summed E-state index contributed by atoms with van der Waals surface area (Å²) >= 11 is 0. The van der Waals surface area contributed by atoms with Gasteiger partial charge in [0.15, 0.2) is 11.5 Å². The number of aliphatic hydroxyl groups excluding tert-OH is 1. The molecule has 1 aliphatic heterocycles. The molecule has 1 saturated carbocycles. The molecule has 1 aromatic heterocycles. The fourth-order valence-corrected chi connectivity index (χ4v) is 5.71. The number of H-pyrrole nitrogens is 1. The summed E-state index contributed by atoms with van der Waals surface area (Å²) in [5, 5.41) is 41.6. The Morgan fingerprint density at radius 3 is 2.56 bits per heavy atom. The highest BCUT2D eigenvalue weighted by molar-refractivity contribution is 5.59. The Labute approximate surface area is 198 Å². The van der Waals surface area contributed by atoms with Crippen molar-refractivity contribution in [2.75, 3.05) is 7.11 Å². The van der Waals surface area contributed by atoms with E-state index in [1.54, 1.807) is 12.1 Å². The summed E-state index contributed by atoms with van der Waals surface area (Å²) in [4.78, 5) is 3.04. The van der Waals surface area contributed by atoms with Crippen molar-refractivity contribution in [3.05, 3.63) is 71.0 Å². The second kappa shape index (κ2) is 9.24. The zero-order valence-corrected chi connectivity index (χ0v) is 19.1. The molecule has 5 atom stereocenters. The van der Waals surface area contributed by atoms with E-state index in [4.69, 9.17) is 9.47 Å². The molecule has 2 heterocycles. The van der Waals surface area contributed by atoms with Crippen molar-refractivity contribution >= 4 is 0 Å². The number of nitrogens with one attached hydrogen (secondary N) is 1. The minimum absolute atomic E-state index is 0.0605. The van der Waals surface area contributed by atoms with Gasteiger partial charge in [0.1, 0.15) is 5.75 Å². The average Bonchev–Trinajstić information content (AvgIpc) is 3.35. The van der Waals surface area contributed by atoms with Crippen LogP contribution in [0.25, 0.3) is 0 Å². The monoisotopic (exact) mass is 465 g/mol. The average molecular weight is 466 g/mol. The number of phenols is 3. The van der Waals surface area contributed by atoms with Crippen molar-refractivity contribution in [2.45, 2.75) is 56.3 Å². The standard InChI is InChI=1S/C27H31NO6/c1-33-27-21(10-15-8-9-28-14-15)20(12-23(31)26(27)32)25-13-22(30)19-7-4-17(11-24(19)34-25)16-2-5-18(29)6-3-16/h2-3,5-6,8-9,12,14,17,19,22,24-25,28-32H,4,7,10-11,13H2,1H3/t17-,19+,22+,24+,25+/m1/s1. The van der Waals surface area contributed by atoms with Crippen LogP contribution in [0.3, 0.4) is 0 Å². The Morgan fingerprint density at radius 2 is 1.85 bits per heavy atom. The van der Waals surface area contributed by atoms with Gasteiger partial charge in [0.2, 0.25) is 5.75 Å². The largest absolute Gasteiger partial charge is 0.508 e. The summed E-state index contributed by atoms with van der Waals surface area (Å²) < 4.78 is 12.1. The maximum atomic E-state index is 11.1. The SMILES string of the molecule is COc1c(O)c(O)cc([C@@H]2C[C@H](O)[C@@H]3CC[C@@H](c4ccc(O)cc4)C[C@@H]3O2)c1Cc1cc[nH]c1. The molecule has 0 radical (unpaired) electrons. The molecule has 180 valence electrons. The van der Waals surface area contributed by atoms with Crippen molar-refractivity contribution in [3.8, 4) is 23.0 Å². The smallest absolute Gasteiger partial charge is 0.200 e. The van der Waals surface area contributed by atoms with Gasteiger partial charge in [-0.15, -0.1) is 0 Å². The zero-order valence-electron chi connectivity index (χ0n) is 19.1. The van der Waals surface area contributed by atoms with E-state index >= 15 is 0 Å². The number of aromatic nitrogens is 1. The van der Waals surface area contributed by atoms with Crippen LogP contribution < -0.4 is 4.74 Å². The van der Waals surface area contributed by atoms with Crippen LogP contribution in [0.15, 0.2) is 48.8 Å². The number of hydrogen-bond donors (Lipinski definition) is 5. The van der Waals surface area contributed by atoms with Gasteiger partial charge < -0.3 is 34.9 Å². The number of phenolic OH excluding ortho intramolecular Hbond substituents is 3. The first kappa shape index (κ1) is 22.6. The van der Waals surface area contributed by atoms with Crippen LogP contribution in [0.5, 0.6) is 23.0 Å². The summed E-state index contributed by atoms with van der Waals surface area (Å²) in [5.74, 6) is 0.256. The van der Waals surface area contributed by atoms with Crippen molar-refractivity contribution in [2.24, 2.45) is 5.92 Å². The lowest BCUT2D eigenvalue weighted by Gasteiger charge is -2.45. The van der Waals surface area contributed by atoms with Crippen LogP contribution >= 0.6 is 0 Å². The third-order valence-electron chi connectivity index (χ3n) is 7.46. The number of benzene rings is 2. The first-order chi connectivity index (χ1) is 16.4. The van der Waals surface area contributed by atoms with E-state index in [9.17, 15) is 20.4 Å². The fourth-order valence-electron chi connectivity index (χ4n) is 5.71. The van der Waals surface area contributed by atoms with Crippen molar-refractivity contribution in [3.63, 3.8) is 0 Å². The zero-order chi connectivity index (χ0) is 23.8. The normalized spacial score (nSPS) is 26.7. The molecule has 2 aliphatic rings. The van der Waals surface area contributed by atoms with Crippen molar-refractivity contribution in [1.82, 2.24) is 4.98 Å². The number of rotatable bonds is 5. The highest BCUT2D eigenvalue weighted by atomic mass is 16.5. The maximum Gasteiger partial charge on any atom is 0.200 e. The van der Waals surface area contributed by atoms with E-state index in [2.05, 4.69) is 4.98 Å². The number of aliphatic hydroxyl groups is 1. The predicted octanol–water partition coefficient (Wildman–Crippen LogP) is 4.51. The molecule has 1 aliphatic carbocycles. The Kier molecular flexibility index (Phi) is 6.15. The number of aromatic hydroxyl groups is 3. The van der Waals surface area contributed by atoms with E-state index in [0.29, 0.717) is 12.8 Å². The van der Waals surface area contributed by atoms with Crippen molar-refractivity contribution in [1.29, 1.82) is 0 Å². The van der Waals surface area contributed by atoms with Gasteiger partial charge in [-0.2, -0.15) is 0 Å². The lowest BCUT2D eigenvalue weighted by Crippen LogP contribution is -2.44. The molecule has 7 heteroatoms. The third kappa shape index (κ3) is 4.21. The molecule has 1 saturated heterocycles. The van der Waals surface area contributed by atoms with E-state index in [0.717, 1.165) is 41.5 Å². The molecular formula is C27H31NO6. The summed E-state index contributed by atoms with van der Waals surface area (Å²) in [7, 11) is 1.47. The van der Waals surface area contributed by atoms with E-state index < -0.39 is 12.2 Å².